The van der Waals surface area contributed by atoms with Crippen LogP contribution in [-0.2, 0) is 20.9 Å². The summed E-state index contributed by atoms with van der Waals surface area (Å²) in [4.78, 5) is 28.2. The maximum Gasteiger partial charge on any atom is 0.252 e. The Balaban J connectivity index is 1.86. The van der Waals surface area contributed by atoms with Crippen LogP contribution in [0, 0.1) is 0 Å². The number of carbonyl (C=O) groups is 2. The van der Waals surface area contributed by atoms with Gasteiger partial charge in [0, 0.05) is 24.7 Å². The Morgan fingerprint density at radius 2 is 2.00 bits per heavy atom. The highest BCUT2D eigenvalue weighted by atomic mass is 32.2. The molecule has 0 aromatic heterocycles. The number of thioether (sulfide) groups is 1. The Morgan fingerprint density at radius 3 is 2.76 bits per heavy atom. The van der Waals surface area contributed by atoms with Crippen LogP contribution < -0.4 is 10.2 Å². The third-order valence-electron chi connectivity index (χ3n) is 4.18. The summed E-state index contributed by atoms with van der Waals surface area (Å²) in [7, 11) is 3.32. The maximum absolute atomic E-state index is 12.9. The molecule has 1 atom stereocenters. The molecule has 0 fully saturated rings. The van der Waals surface area contributed by atoms with Crippen molar-refractivity contribution < 1.29 is 14.3 Å². The lowest BCUT2D eigenvalue weighted by molar-refractivity contribution is -0.128. The topological polar surface area (TPSA) is 58.6 Å². The highest BCUT2D eigenvalue weighted by Crippen LogP contribution is 2.45. The molecule has 130 valence electrons. The molecule has 6 heteroatoms. The van der Waals surface area contributed by atoms with E-state index < -0.39 is 4.75 Å². The summed E-state index contributed by atoms with van der Waals surface area (Å²) in [6, 6.07) is 15.0. The first-order valence-corrected chi connectivity index (χ1v) is 8.73. The molecule has 5 nitrogen and oxygen atoms in total. The Morgan fingerprint density at radius 1 is 1.24 bits per heavy atom. The van der Waals surface area contributed by atoms with Crippen molar-refractivity contribution >= 4 is 35.0 Å². The van der Waals surface area contributed by atoms with Crippen LogP contribution in [0.1, 0.15) is 12.5 Å². The molecule has 0 saturated heterocycles. The predicted molar refractivity (Wildman–Crippen MR) is 99.9 cm³/mol. The molecule has 25 heavy (non-hydrogen) atoms. The number of hydrogen-bond acceptors (Lipinski definition) is 4. The van der Waals surface area contributed by atoms with Crippen LogP contribution in [0.3, 0.4) is 0 Å². The zero-order valence-electron chi connectivity index (χ0n) is 14.4. The second-order valence-corrected chi connectivity index (χ2v) is 7.52. The molecule has 2 aromatic rings. The van der Waals surface area contributed by atoms with Gasteiger partial charge in [0.2, 0.25) is 5.91 Å². The summed E-state index contributed by atoms with van der Waals surface area (Å²) in [5.74, 6) is -0.569. The zero-order chi connectivity index (χ0) is 18.0. The van der Waals surface area contributed by atoms with Crippen LogP contribution in [0.15, 0.2) is 53.4 Å². The Kier molecular flexibility index (Phi) is 4.83. The van der Waals surface area contributed by atoms with Crippen molar-refractivity contribution in [2.75, 3.05) is 24.4 Å². The van der Waals surface area contributed by atoms with E-state index >= 15 is 0 Å². The molecule has 2 aromatic carbocycles. The zero-order valence-corrected chi connectivity index (χ0v) is 15.2. The molecule has 0 spiro atoms. The maximum atomic E-state index is 12.9. The summed E-state index contributed by atoms with van der Waals surface area (Å²) >= 11 is 1.29. The van der Waals surface area contributed by atoms with Gasteiger partial charge in [0.1, 0.15) is 0 Å². The molecule has 1 aliphatic rings. The molecule has 1 N–H and O–H groups in total. The summed E-state index contributed by atoms with van der Waals surface area (Å²) < 4.78 is 3.89. The number of fused-ring (bicyclic) bond motifs is 1. The van der Waals surface area contributed by atoms with Gasteiger partial charge in [0.25, 0.3) is 5.91 Å². The van der Waals surface area contributed by atoms with Crippen molar-refractivity contribution in [1.82, 2.24) is 0 Å². The van der Waals surface area contributed by atoms with Gasteiger partial charge in [-0.3, -0.25) is 9.59 Å². The molecule has 3 rings (SSSR count). The number of para-hydroxylation sites is 1. The van der Waals surface area contributed by atoms with Gasteiger partial charge >= 0.3 is 0 Å². The first-order chi connectivity index (χ1) is 12.0. The van der Waals surface area contributed by atoms with E-state index in [4.69, 9.17) is 4.74 Å². The van der Waals surface area contributed by atoms with Crippen molar-refractivity contribution in [2.45, 2.75) is 23.2 Å². The summed E-state index contributed by atoms with van der Waals surface area (Å²) in [5, 5.41) is 2.87. The SMILES string of the molecule is COCc1cccc(NC(=O)C2(C)Sc3ccccc3N(C)C2=O)c1. The smallest absolute Gasteiger partial charge is 0.252 e. The van der Waals surface area contributed by atoms with Gasteiger partial charge in [-0.2, -0.15) is 0 Å². The molecule has 1 aliphatic heterocycles. The average Bonchev–Trinajstić information content (AvgIpc) is 2.60. The van der Waals surface area contributed by atoms with E-state index in [-0.39, 0.29) is 11.8 Å². The fraction of sp³-hybridized carbons (Fsp3) is 0.263. The number of anilines is 2. The summed E-state index contributed by atoms with van der Waals surface area (Å²) in [6.07, 6.45) is 0. The molecule has 0 bridgehead atoms. The number of rotatable bonds is 4. The number of ether oxygens (including phenoxy) is 1. The van der Waals surface area contributed by atoms with Crippen LogP contribution in [0.5, 0.6) is 0 Å². The number of benzene rings is 2. The first-order valence-electron chi connectivity index (χ1n) is 7.91. The predicted octanol–water partition coefficient (Wildman–Crippen LogP) is 3.30. The lowest BCUT2D eigenvalue weighted by Gasteiger charge is -2.36. The van der Waals surface area contributed by atoms with E-state index in [2.05, 4.69) is 5.32 Å². The molecular formula is C19H20N2O3S. The molecule has 0 aliphatic carbocycles. The van der Waals surface area contributed by atoms with Crippen LogP contribution >= 0.6 is 11.8 Å². The molecule has 2 amide bonds. The Labute approximate surface area is 151 Å². The first kappa shape index (κ1) is 17.5. The molecule has 1 unspecified atom stereocenters. The van der Waals surface area contributed by atoms with Gasteiger partial charge in [0.05, 0.1) is 12.3 Å². The normalized spacial score (nSPS) is 19.5. The lowest BCUT2D eigenvalue weighted by Crippen LogP contribution is -2.53. The van der Waals surface area contributed by atoms with Crippen LogP contribution in [0.2, 0.25) is 0 Å². The van der Waals surface area contributed by atoms with Crippen molar-refractivity contribution in [1.29, 1.82) is 0 Å². The van der Waals surface area contributed by atoms with Crippen molar-refractivity contribution in [2.24, 2.45) is 0 Å². The minimum atomic E-state index is -1.22. The van der Waals surface area contributed by atoms with Crippen LogP contribution in [-0.4, -0.2) is 30.7 Å². The average molecular weight is 356 g/mol. The van der Waals surface area contributed by atoms with E-state index in [1.54, 1.807) is 32.0 Å². The second kappa shape index (κ2) is 6.90. The number of nitrogens with zero attached hydrogens (tertiary/aromatic N) is 1. The van der Waals surface area contributed by atoms with Gasteiger partial charge in [-0.1, -0.05) is 36.0 Å². The summed E-state index contributed by atoms with van der Waals surface area (Å²) in [6.45, 7) is 2.13. The van der Waals surface area contributed by atoms with Crippen LogP contribution in [0.4, 0.5) is 11.4 Å². The van der Waals surface area contributed by atoms with E-state index in [9.17, 15) is 9.59 Å². The fourth-order valence-corrected chi connectivity index (χ4v) is 4.08. The minimum Gasteiger partial charge on any atom is -0.380 e. The highest BCUT2D eigenvalue weighted by Gasteiger charge is 2.48. The third kappa shape index (κ3) is 3.27. The number of methoxy groups -OCH3 is 1. The number of amides is 2. The number of carbonyl (C=O) groups excluding carboxylic acids is 2. The van der Waals surface area contributed by atoms with Gasteiger partial charge in [-0.15, -0.1) is 0 Å². The Bertz CT molecular complexity index is 824. The molecular weight excluding hydrogens is 336 g/mol. The molecule has 1 heterocycles. The Hall–Kier alpha value is -2.31. The van der Waals surface area contributed by atoms with E-state index in [0.717, 1.165) is 16.1 Å². The second-order valence-electron chi connectivity index (χ2n) is 6.05. The summed E-state index contributed by atoms with van der Waals surface area (Å²) in [5.41, 5.74) is 2.43. The van der Waals surface area contributed by atoms with Gasteiger partial charge < -0.3 is 15.0 Å². The third-order valence-corrected chi connectivity index (χ3v) is 5.52. The number of nitrogens with one attached hydrogen (secondary N) is 1. The van der Waals surface area contributed by atoms with E-state index in [1.165, 1.54) is 11.8 Å². The quantitative estimate of drug-likeness (QED) is 0.854. The fourth-order valence-electron chi connectivity index (χ4n) is 2.81. The van der Waals surface area contributed by atoms with Crippen molar-refractivity contribution in [3.05, 3.63) is 54.1 Å². The van der Waals surface area contributed by atoms with Crippen molar-refractivity contribution in [3.8, 4) is 0 Å². The number of hydrogen-bond donors (Lipinski definition) is 1. The van der Waals surface area contributed by atoms with Crippen LogP contribution in [0.25, 0.3) is 0 Å². The molecule has 0 radical (unpaired) electrons. The standard InChI is InChI=1S/C19H20N2O3S/c1-19(17(22)20-14-8-6-7-13(11-14)12-24-3)18(23)21(2)15-9-4-5-10-16(15)25-19/h4-11H,12H2,1-3H3,(H,20,22). The van der Waals surface area contributed by atoms with Gasteiger partial charge in [0.15, 0.2) is 4.75 Å². The van der Waals surface area contributed by atoms with E-state index in [1.807, 2.05) is 42.5 Å². The van der Waals surface area contributed by atoms with E-state index in [0.29, 0.717) is 12.3 Å². The largest absolute Gasteiger partial charge is 0.380 e. The highest BCUT2D eigenvalue weighted by molar-refractivity contribution is 8.02. The minimum absolute atomic E-state index is 0.234. The van der Waals surface area contributed by atoms with Gasteiger partial charge in [-0.05, 0) is 36.8 Å². The van der Waals surface area contributed by atoms with Crippen molar-refractivity contribution in [3.63, 3.8) is 0 Å². The lowest BCUT2D eigenvalue weighted by atomic mass is 10.1. The monoisotopic (exact) mass is 356 g/mol. The van der Waals surface area contributed by atoms with Gasteiger partial charge in [-0.25, -0.2) is 0 Å². The molecule has 0 saturated carbocycles.